The molecule has 2 amide bonds. The minimum Gasteiger partial charge on any atom is -0.490 e. The van der Waals surface area contributed by atoms with E-state index < -0.39 is 0 Å². The summed E-state index contributed by atoms with van der Waals surface area (Å²) in [6, 6.07) is 9.01. The van der Waals surface area contributed by atoms with Gasteiger partial charge in [-0.3, -0.25) is 14.5 Å². The highest BCUT2D eigenvalue weighted by molar-refractivity contribution is 8.18. The molecule has 2 aromatic carbocycles. The first-order valence-corrected chi connectivity index (χ1v) is 11.8. The summed E-state index contributed by atoms with van der Waals surface area (Å²) in [5, 5.41) is 0.614. The first-order chi connectivity index (χ1) is 15.9. The number of thioether (sulfide) groups is 1. The van der Waals surface area contributed by atoms with Crippen LogP contribution in [0.3, 0.4) is 0 Å². The van der Waals surface area contributed by atoms with Gasteiger partial charge in [-0.1, -0.05) is 41.4 Å². The van der Waals surface area contributed by atoms with Gasteiger partial charge in [-0.25, -0.2) is 0 Å². The Morgan fingerprint density at radius 2 is 1.85 bits per heavy atom. The second-order valence-corrected chi connectivity index (χ2v) is 8.86. The van der Waals surface area contributed by atoms with Crippen molar-refractivity contribution in [3.8, 4) is 11.5 Å². The van der Waals surface area contributed by atoms with Gasteiger partial charge in [0.15, 0.2) is 11.5 Å². The highest BCUT2D eigenvalue weighted by Crippen LogP contribution is 2.38. The molecule has 8 heteroatoms. The van der Waals surface area contributed by atoms with E-state index in [4.69, 9.17) is 32.7 Å². The summed E-state index contributed by atoms with van der Waals surface area (Å²) < 4.78 is 12.0. The summed E-state index contributed by atoms with van der Waals surface area (Å²) in [6.07, 6.45) is 5.50. The van der Waals surface area contributed by atoms with Crippen LogP contribution in [0.1, 0.15) is 23.6 Å². The zero-order valence-corrected chi connectivity index (χ0v) is 20.4. The number of rotatable bonds is 10. The minimum atomic E-state index is -0.340. The summed E-state index contributed by atoms with van der Waals surface area (Å²) in [4.78, 5) is 26.2. The van der Waals surface area contributed by atoms with E-state index in [1.807, 2.05) is 19.1 Å². The first-order valence-electron chi connectivity index (χ1n) is 10.2. The molecule has 0 bridgehead atoms. The third-order valence-corrected chi connectivity index (χ3v) is 6.31. The van der Waals surface area contributed by atoms with Crippen LogP contribution >= 0.6 is 35.0 Å². The molecule has 1 saturated heterocycles. The van der Waals surface area contributed by atoms with Gasteiger partial charge >= 0.3 is 0 Å². The van der Waals surface area contributed by atoms with Crippen LogP contribution in [0.25, 0.3) is 6.08 Å². The van der Waals surface area contributed by atoms with Gasteiger partial charge in [-0.05, 0) is 66.6 Å². The van der Waals surface area contributed by atoms with Gasteiger partial charge in [0, 0.05) is 12.1 Å². The molecule has 0 N–H and O–H groups in total. The Morgan fingerprint density at radius 3 is 2.52 bits per heavy atom. The van der Waals surface area contributed by atoms with Crippen LogP contribution < -0.4 is 9.47 Å². The lowest BCUT2D eigenvalue weighted by Gasteiger charge is -2.17. The third kappa shape index (κ3) is 6.02. The molecule has 172 valence electrons. The molecule has 3 rings (SSSR count). The summed E-state index contributed by atoms with van der Waals surface area (Å²) in [5.74, 6) is 0.779. The Labute approximate surface area is 207 Å². The number of carbonyl (C=O) groups is 2. The number of ether oxygens (including phenoxy) is 2. The molecule has 1 heterocycles. The lowest BCUT2D eigenvalue weighted by molar-refractivity contribution is -0.122. The summed E-state index contributed by atoms with van der Waals surface area (Å²) in [5.41, 5.74) is 2.42. The van der Waals surface area contributed by atoms with Crippen molar-refractivity contribution in [1.82, 2.24) is 4.90 Å². The molecule has 0 aromatic heterocycles. The van der Waals surface area contributed by atoms with Crippen molar-refractivity contribution < 1.29 is 19.1 Å². The van der Waals surface area contributed by atoms with Crippen molar-refractivity contribution in [2.24, 2.45) is 0 Å². The minimum absolute atomic E-state index is 0.176. The summed E-state index contributed by atoms with van der Waals surface area (Å²) in [6.45, 7) is 10.2. The molecule has 0 radical (unpaired) electrons. The molecule has 2 aromatic rings. The molecule has 0 atom stereocenters. The van der Waals surface area contributed by atoms with E-state index in [0.29, 0.717) is 39.5 Å². The number of halogens is 2. The molecule has 1 aliphatic rings. The standard InChI is InChI=1S/C25H23Cl2NO4S/c1-4-7-18-11-17(14-22-24(29)28(10-5-2)25(30)33-22)13-21(31-6-3)23(18)32-15-16-8-9-19(26)20(27)12-16/h4-5,8-9,11-14H,1-2,6-7,10,15H2,3H3/b22-14+. The predicted octanol–water partition coefficient (Wildman–Crippen LogP) is 6.92. The molecule has 0 saturated carbocycles. The fraction of sp³-hybridized carbons (Fsp3) is 0.200. The first kappa shape index (κ1) is 25.0. The van der Waals surface area contributed by atoms with Crippen molar-refractivity contribution in [2.75, 3.05) is 13.2 Å². The van der Waals surface area contributed by atoms with E-state index >= 15 is 0 Å². The number of allylic oxidation sites excluding steroid dienone is 1. The SMILES string of the molecule is C=CCc1cc(/C=C2/SC(=O)N(CC=C)C2=O)cc(OCC)c1OCc1ccc(Cl)c(Cl)c1. The monoisotopic (exact) mass is 503 g/mol. The van der Waals surface area contributed by atoms with Crippen LogP contribution in [0.4, 0.5) is 4.79 Å². The molecule has 1 fully saturated rings. The Balaban J connectivity index is 1.95. The van der Waals surface area contributed by atoms with Crippen LogP contribution in [0.2, 0.25) is 10.0 Å². The Kier molecular flexibility index (Phi) is 8.67. The predicted molar refractivity (Wildman–Crippen MR) is 135 cm³/mol. The van der Waals surface area contributed by atoms with Crippen LogP contribution in [0.15, 0.2) is 60.5 Å². The van der Waals surface area contributed by atoms with E-state index in [1.54, 1.807) is 30.4 Å². The normalized spacial score (nSPS) is 14.6. The van der Waals surface area contributed by atoms with Gasteiger partial charge in [0.2, 0.25) is 0 Å². The van der Waals surface area contributed by atoms with Crippen molar-refractivity contribution in [3.63, 3.8) is 0 Å². The Morgan fingerprint density at radius 1 is 1.06 bits per heavy atom. The number of imide groups is 1. The molecule has 0 unspecified atom stereocenters. The van der Waals surface area contributed by atoms with Gasteiger partial charge in [-0.15, -0.1) is 13.2 Å². The lowest BCUT2D eigenvalue weighted by atomic mass is 10.0. The molecular weight excluding hydrogens is 481 g/mol. The topological polar surface area (TPSA) is 55.8 Å². The largest absolute Gasteiger partial charge is 0.490 e. The van der Waals surface area contributed by atoms with Crippen molar-refractivity contribution >= 4 is 52.2 Å². The number of nitrogens with zero attached hydrogens (tertiary/aromatic N) is 1. The van der Waals surface area contributed by atoms with Crippen LogP contribution in [-0.4, -0.2) is 29.2 Å². The Bertz CT molecular complexity index is 1130. The third-order valence-electron chi connectivity index (χ3n) is 4.67. The van der Waals surface area contributed by atoms with E-state index in [2.05, 4.69) is 13.2 Å². The van der Waals surface area contributed by atoms with E-state index in [1.165, 1.54) is 6.08 Å². The van der Waals surface area contributed by atoms with Crippen LogP contribution in [-0.2, 0) is 17.8 Å². The smallest absolute Gasteiger partial charge is 0.293 e. The van der Waals surface area contributed by atoms with Gasteiger partial charge in [-0.2, -0.15) is 0 Å². The highest BCUT2D eigenvalue weighted by Gasteiger charge is 2.34. The molecule has 1 aliphatic heterocycles. The van der Waals surface area contributed by atoms with Gasteiger partial charge in [0.1, 0.15) is 6.61 Å². The zero-order valence-electron chi connectivity index (χ0n) is 18.1. The quantitative estimate of drug-likeness (QED) is 0.260. The summed E-state index contributed by atoms with van der Waals surface area (Å²) >= 11 is 13.0. The van der Waals surface area contributed by atoms with E-state index in [-0.39, 0.29) is 24.3 Å². The van der Waals surface area contributed by atoms with Gasteiger partial charge in [0.25, 0.3) is 11.1 Å². The number of carbonyl (C=O) groups excluding carboxylic acids is 2. The number of amides is 2. The maximum absolute atomic E-state index is 12.6. The number of benzene rings is 2. The fourth-order valence-corrected chi connectivity index (χ4v) is 4.39. The van der Waals surface area contributed by atoms with Crippen LogP contribution in [0, 0.1) is 0 Å². The highest BCUT2D eigenvalue weighted by atomic mass is 35.5. The maximum atomic E-state index is 12.6. The summed E-state index contributed by atoms with van der Waals surface area (Å²) in [7, 11) is 0. The average molecular weight is 504 g/mol. The average Bonchev–Trinajstić information content (AvgIpc) is 3.03. The second kappa shape index (κ2) is 11.5. The molecule has 0 spiro atoms. The van der Waals surface area contributed by atoms with Crippen molar-refractivity contribution in [2.45, 2.75) is 20.0 Å². The molecule has 0 aliphatic carbocycles. The Hall–Kier alpha value is -2.67. The van der Waals surface area contributed by atoms with Gasteiger partial charge in [0.05, 0.1) is 21.6 Å². The van der Waals surface area contributed by atoms with E-state index in [0.717, 1.165) is 33.4 Å². The second-order valence-electron chi connectivity index (χ2n) is 7.05. The molecular formula is C25H23Cl2NO4S. The fourth-order valence-electron chi connectivity index (χ4n) is 3.22. The zero-order chi connectivity index (χ0) is 24.0. The molecule has 33 heavy (non-hydrogen) atoms. The van der Waals surface area contributed by atoms with Crippen molar-refractivity contribution in [3.05, 3.63) is 87.3 Å². The van der Waals surface area contributed by atoms with Crippen LogP contribution in [0.5, 0.6) is 11.5 Å². The molecule has 5 nitrogen and oxygen atoms in total. The van der Waals surface area contributed by atoms with E-state index in [9.17, 15) is 9.59 Å². The number of hydrogen-bond acceptors (Lipinski definition) is 5. The maximum Gasteiger partial charge on any atom is 0.293 e. The van der Waals surface area contributed by atoms with Crippen molar-refractivity contribution in [1.29, 1.82) is 0 Å². The number of hydrogen-bond donors (Lipinski definition) is 0. The van der Waals surface area contributed by atoms with Gasteiger partial charge < -0.3 is 9.47 Å². The lowest BCUT2D eigenvalue weighted by Crippen LogP contribution is -2.27.